The SMILES string of the molecule is Cn1c(=O)oc2cc(C(N)CC3CCCCC3)ccc21. The quantitative estimate of drug-likeness (QED) is 0.935. The van der Waals surface area contributed by atoms with Crippen LogP contribution in [0.5, 0.6) is 0 Å². The van der Waals surface area contributed by atoms with Gasteiger partial charge in [0.1, 0.15) is 0 Å². The van der Waals surface area contributed by atoms with Gasteiger partial charge in [0, 0.05) is 13.1 Å². The maximum Gasteiger partial charge on any atom is 0.419 e. The Balaban J connectivity index is 1.80. The molecule has 1 aromatic heterocycles. The first kappa shape index (κ1) is 13.4. The Hall–Kier alpha value is -1.55. The van der Waals surface area contributed by atoms with Crippen LogP contribution >= 0.6 is 0 Å². The summed E-state index contributed by atoms with van der Waals surface area (Å²) in [4.78, 5) is 11.5. The number of rotatable bonds is 3. The molecule has 0 saturated heterocycles. The van der Waals surface area contributed by atoms with E-state index in [2.05, 4.69) is 0 Å². The fraction of sp³-hybridized carbons (Fsp3) is 0.562. The molecule has 1 heterocycles. The highest BCUT2D eigenvalue weighted by Crippen LogP contribution is 2.31. The third-order valence-corrected chi connectivity index (χ3v) is 4.56. The van der Waals surface area contributed by atoms with E-state index in [1.807, 2.05) is 18.2 Å². The minimum atomic E-state index is -0.321. The summed E-state index contributed by atoms with van der Waals surface area (Å²) in [6, 6.07) is 5.90. The second kappa shape index (κ2) is 5.44. The summed E-state index contributed by atoms with van der Waals surface area (Å²) in [5.74, 6) is 0.426. The van der Waals surface area contributed by atoms with Crippen LogP contribution in [0.15, 0.2) is 27.4 Å². The van der Waals surface area contributed by atoms with Crippen molar-refractivity contribution < 1.29 is 4.42 Å². The van der Waals surface area contributed by atoms with E-state index < -0.39 is 0 Å². The van der Waals surface area contributed by atoms with Crippen LogP contribution in [0.3, 0.4) is 0 Å². The third kappa shape index (κ3) is 2.52. The molecule has 4 heteroatoms. The Bertz CT molecular complexity index is 650. The van der Waals surface area contributed by atoms with Crippen LogP contribution in [0.1, 0.15) is 50.1 Å². The van der Waals surface area contributed by atoms with Gasteiger partial charge >= 0.3 is 5.76 Å². The molecule has 1 fully saturated rings. The van der Waals surface area contributed by atoms with Crippen molar-refractivity contribution >= 4 is 11.1 Å². The third-order valence-electron chi connectivity index (χ3n) is 4.56. The van der Waals surface area contributed by atoms with E-state index in [1.165, 1.54) is 36.7 Å². The Morgan fingerprint density at radius 3 is 2.85 bits per heavy atom. The van der Waals surface area contributed by atoms with Gasteiger partial charge in [-0.1, -0.05) is 38.2 Å². The number of aromatic nitrogens is 1. The van der Waals surface area contributed by atoms with Crippen LogP contribution in [-0.4, -0.2) is 4.57 Å². The second-order valence-electron chi connectivity index (χ2n) is 6.00. The largest absolute Gasteiger partial charge is 0.419 e. The zero-order valence-electron chi connectivity index (χ0n) is 12.0. The van der Waals surface area contributed by atoms with Crippen molar-refractivity contribution in [1.82, 2.24) is 4.57 Å². The molecule has 0 aliphatic heterocycles. The molecule has 0 radical (unpaired) electrons. The molecular formula is C16H22N2O2. The van der Waals surface area contributed by atoms with Gasteiger partial charge in [0.25, 0.3) is 0 Å². The van der Waals surface area contributed by atoms with Gasteiger partial charge in [-0.25, -0.2) is 4.79 Å². The molecule has 1 saturated carbocycles. The minimum Gasteiger partial charge on any atom is -0.408 e. The Labute approximate surface area is 118 Å². The van der Waals surface area contributed by atoms with Gasteiger partial charge in [0.05, 0.1) is 5.52 Å². The second-order valence-corrected chi connectivity index (χ2v) is 6.00. The molecule has 0 spiro atoms. The van der Waals surface area contributed by atoms with Gasteiger partial charge in [-0.15, -0.1) is 0 Å². The number of aryl methyl sites for hydroxylation is 1. The molecule has 1 unspecified atom stereocenters. The summed E-state index contributed by atoms with van der Waals surface area (Å²) in [6.07, 6.45) is 7.68. The predicted octanol–water partition coefficient (Wildman–Crippen LogP) is 3.10. The van der Waals surface area contributed by atoms with E-state index in [9.17, 15) is 4.79 Å². The fourth-order valence-corrected chi connectivity index (χ4v) is 3.30. The van der Waals surface area contributed by atoms with Crippen molar-refractivity contribution in [3.63, 3.8) is 0 Å². The first-order valence-electron chi connectivity index (χ1n) is 7.50. The lowest BCUT2D eigenvalue weighted by molar-refractivity contribution is 0.319. The van der Waals surface area contributed by atoms with Gasteiger partial charge in [-0.3, -0.25) is 4.57 Å². The van der Waals surface area contributed by atoms with Crippen molar-refractivity contribution in [3.8, 4) is 0 Å². The summed E-state index contributed by atoms with van der Waals surface area (Å²) in [6.45, 7) is 0. The molecule has 2 aromatic rings. The molecule has 108 valence electrons. The van der Waals surface area contributed by atoms with E-state index in [1.54, 1.807) is 7.05 Å². The molecular weight excluding hydrogens is 252 g/mol. The number of fused-ring (bicyclic) bond motifs is 1. The maximum atomic E-state index is 11.5. The summed E-state index contributed by atoms with van der Waals surface area (Å²) in [5.41, 5.74) is 8.86. The number of hydrogen-bond acceptors (Lipinski definition) is 3. The van der Waals surface area contributed by atoms with Gasteiger partial charge in [0.15, 0.2) is 5.58 Å². The number of oxazole rings is 1. The first-order chi connectivity index (χ1) is 9.65. The van der Waals surface area contributed by atoms with Gasteiger partial charge in [-0.2, -0.15) is 0 Å². The lowest BCUT2D eigenvalue weighted by Gasteiger charge is -2.24. The highest BCUT2D eigenvalue weighted by Gasteiger charge is 2.18. The highest BCUT2D eigenvalue weighted by atomic mass is 16.4. The lowest BCUT2D eigenvalue weighted by atomic mass is 9.83. The molecule has 20 heavy (non-hydrogen) atoms. The Morgan fingerprint density at radius 1 is 1.35 bits per heavy atom. The zero-order chi connectivity index (χ0) is 14.1. The topological polar surface area (TPSA) is 61.2 Å². The Kier molecular flexibility index (Phi) is 3.66. The molecule has 1 aromatic carbocycles. The van der Waals surface area contributed by atoms with Crippen molar-refractivity contribution in [2.24, 2.45) is 18.7 Å². The van der Waals surface area contributed by atoms with Crippen LogP contribution in [0.25, 0.3) is 11.1 Å². The van der Waals surface area contributed by atoms with Crippen LogP contribution < -0.4 is 11.5 Å². The van der Waals surface area contributed by atoms with E-state index in [0.29, 0.717) is 5.58 Å². The number of nitrogens with two attached hydrogens (primary N) is 1. The monoisotopic (exact) mass is 274 g/mol. The smallest absolute Gasteiger partial charge is 0.408 e. The van der Waals surface area contributed by atoms with Crippen LogP contribution in [-0.2, 0) is 7.05 Å². The van der Waals surface area contributed by atoms with Gasteiger partial charge < -0.3 is 10.2 Å². The van der Waals surface area contributed by atoms with Crippen LogP contribution in [0.2, 0.25) is 0 Å². The van der Waals surface area contributed by atoms with Crippen molar-refractivity contribution in [2.45, 2.75) is 44.6 Å². The highest BCUT2D eigenvalue weighted by molar-refractivity contribution is 5.73. The molecule has 4 nitrogen and oxygen atoms in total. The lowest BCUT2D eigenvalue weighted by Crippen LogP contribution is -2.17. The number of benzene rings is 1. The fourth-order valence-electron chi connectivity index (χ4n) is 3.30. The average Bonchev–Trinajstić information content (AvgIpc) is 2.74. The maximum absolute atomic E-state index is 11.5. The van der Waals surface area contributed by atoms with Crippen molar-refractivity contribution in [3.05, 3.63) is 34.3 Å². The summed E-state index contributed by atoms with van der Waals surface area (Å²) in [5, 5.41) is 0. The van der Waals surface area contributed by atoms with Gasteiger partial charge in [0.2, 0.25) is 0 Å². The van der Waals surface area contributed by atoms with E-state index in [-0.39, 0.29) is 11.8 Å². The van der Waals surface area contributed by atoms with Crippen molar-refractivity contribution in [2.75, 3.05) is 0 Å². The molecule has 3 rings (SSSR count). The van der Waals surface area contributed by atoms with E-state index >= 15 is 0 Å². The predicted molar refractivity (Wildman–Crippen MR) is 79.6 cm³/mol. The standard InChI is InChI=1S/C16H22N2O2/c1-18-14-8-7-12(10-15(14)20-16(18)19)13(17)9-11-5-3-2-4-6-11/h7-8,10-11,13H,2-6,9,17H2,1H3. The van der Waals surface area contributed by atoms with E-state index in [0.717, 1.165) is 23.4 Å². The summed E-state index contributed by atoms with van der Waals surface area (Å²) >= 11 is 0. The van der Waals surface area contributed by atoms with Crippen molar-refractivity contribution in [1.29, 1.82) is 0 Å². The zero-order valence-corrected chi connectivity index (χ0v) is 12.0. The molecule has 1 aliphatic carbocycles. The summed E-state index contributed by atoms with van der Waals surface area (Å²) in [7, 11) is 1.72. The molecule has 1 atom stereocenters. The van der Waals surface area contributed by atoms with Gasteiger partial charge in [-0.05, 0) is 30.0 Å². The number of hydrogen-bond donors (Lipinski definition) is 1. The normalized spacial score (nSPS) is 18.5. The van der Waals surface area contributed by atoms with Crippen LogP contribution in [0.4, 0.5) is 0 Å². The van der Waals surface area contributed by atoms with Crippen LogP contribution in [0, 0.1) is 5.92 Å². The number of nitrogens with zero attached hydrogens (tertiary/aromatic N) is 1. The molecule has 1 aliphatic rings. The molecule has 2 N–H and O–H groups in total. The summed E-state index contributed by atoms with van der Waals surface area (Å²) < 4.78 is 6.75. The first-order valence-corrected chi connectivity index (χ1v) is 7.50. The molecule has 0 bridgehead atoms. The minimum absolute atomic E-state index is 0.0352. The Morgan fingerprint density at radius 2 is 2.10 bits per heavy atom. The average molecular weight is 274 g/mol. The van der Waals surface area contributed by atoms with E-state index in [4.69, 9.17) is 10.2 Å². The molecule has 0 amide bonds.